The van der Waals surface area contributed by atoms with Gasteiger partial charge in [-0.2, -0.15) is 0 Å². The summed E-state index contributed by atoms with van der Waals surface area (Å²) < 4.78 is 0. The second kappa shape index (κ2) is 29.4. The van der Waals surface area contributed by atoms with Gasteiger partial charge in [-0.25, -0.2) is 0 Å². The molecule has 0 rings (SSSR count). The number of unbranched alkanes of at least 4 members (excludes halogenated alkanes) is 5. The highest BCUT2D eigenvalue weighted by Gasteiger charge is 1.80. The first-order chi connectivity index (χ1) is 6.83. The Balaban J connectivity index is -0.0000000675. The number of hydrogen-bond acceptors (Lipinski definition) is 0. The van der Waals surface area contributed by atoms with Crippen LogP contribution in [0.1, 0.15) is 67.1 Å². The molecular formula is C14H31+. The number of allylic oxidation sites excluding steroid dienone is 1. The van der Waals surface area contributed by atoms with Gasteiger partial charge in [0, 0.05) is 0 Å². The molecule has 86 valence electrons. The molecule has 0 radical (unpaired) electrons. The fourth-order valence-electron chi connectivity index (χ4n) is 0.881. The Morgan fingerprint density at radius 3 is 1.43 bits per heavy atom. The summed E-state index contributed by atoms with van der Waals surface area (Å²) in [6.07, 6.45) is 11.3. The molecule has 0 aromatic rings. The van der Waals surface area contributed by atoms with E-state index in [2.05, 4.69) is 40.5 Å². The first-order valence-electron chi connectivity index (χ1n) is 5.94. The summed E-state index contributed by atoms with van der Waals surface area (Å²) in [6.45, 7) is 16.2. The lowest BCUT2D eigenvalue weighted by Gasteiger charge is -1.90. The maximum absolute atomic E-state index is 3.55. The van der Waals surface area contributed by atoms with Crippen LogP contribution >= 0.6 is 0 Å². The molecule has 0 aliphatic heterocycles. The molecule has 0 N–H and O–H groups in total. The molecule has 0 spiro atoms. The molecule has 0 saturated carbocycles. The molecule has 0 bridgehead atoms. The monoisotopic (exact) mass is 199 g/mol. The highest BCUT2D eigenvalue weighted by Crippen LogP contribution is 2.00. The van der Waals surface area contributed by atoms with Crippen molar-refractivity contribution in [3.8, 4) is 0 Å². The summed E-state index contributed by atoms with van der Waals surface area (Å²) in [5, 5.41) is 0. The smallest absolute Gasteiger partial charge is 0.106 e. The van der Waals surface area contributed by atoms with E-state index in [0.717, 1.165) is 6.42 Å². The maximum Gasteiger partial charge on any atom is 1.00 e. The van der Waals surface area contributed by atoms with Gasteiger partial charge in [-0.3, -0.25) is 0 Å². The molecule has 0 heterocycles. The van der Waals surface area contributed by atoms with Crippen LogP contribution in [-0.2, 0) is 0 Å². The highest BCUT2D eigenvalue weighted by molar-refractivity contribution is 4.63. The summed E-state index contributed by atoms with van der Waals surface area (Å²) in [5.41, 5.74) is 0. The first-order valence-corrected chi connectivity index (χ1v) is 5.94. The van der Waals surface area contributed by atoms with Crippen LogP contribution in [0.5, 0.6) is 0 Å². The standard InChI is InChI=1S/C7H16.C5H10.C2H4/c1-3-5-7-6-4-2;1-3-5-4-2;1-2/h3-7H2,1-2H3;3H,1,4-5H2,2H3;1-2H2/p+1. The van der Waals surface area contributed by atoms with Crippen LogP contribution in [0.2, 0.25) is 0 Å². The topological polar surface area (TPSA) is 0 Å². The molecule has 0 unspecified atom stereocenters. The number of rotatable bonds is 6. The van der Waals surface area contributed by atoms with Crippen LogP contribution in [0, 0.1) is 0 Å². The quantitative estimate of drug-likeness (QED) is 0.371. The third-order valence-corrected chi connectivity index (χ3v) is 1.70. The predicted molar refractivity (Wildman–Crippen MR) is 71.9 cm³/mol. The Morgan fingerprint density at radius 2 is 1.29 bits per heavy atom. The Kier molecular flexibility index (Phi) is 40.1. The average Bonchev–Trinajstić information content (AvgIpc) is 2.24. The molecule has 0 atom stereocenters. The lowest BCUT2D eigenvalue weighted by atomic mass is 10.2. The SMILES string of the molecule is C=C.C=CCCC.CCCCCCC.[H+]. The van der Waals surface area contributed by atoms with Gasteiger partial charge in [0.15, 0.2) is 0 Å². The van der Waals surface area contributed by atoms with Gasteiger partial charge in [0.1, 0.15) is 0 Å². The minimum Gasteiger partial charge on any atom is -0.106 e. The summed E-state index contributed by atoms with van der Waals surface area (Å²) >= 11 is 0. The van der Waals surface area contributed by atoms with Crippen LogP contribution in [-0.4, -0.2) is 0 Å². The van der Waals surface area contributed by atoms with E-state index in [0.29, 0.717) is 0 Å². The van der Waals surface area contributed by atoms with Gasteiger partial charge in [-0.05, 0) is 6.42 Å². The largest absolute Gasteiger partial charge is 1.00 e. The van der Waals surface area contributed by atoms with Crippen molar-refractivity contribution in [2.75, 3.05) is 0 Å². The van der Waals surface area contributed by atoms with Crippen molar-refractivity contribution in [2.24, 2.45) is 0 Å². The maximum atomic E-state index is 3.55. The molecule has 0 saturated heterocycles. The summed E-state index contributed by atoms with van der Waals surface area (Å²) in [5.74, 6) is 0. The first kappa shape index (κ1) is 19.1. The third-order valence-electron chi connectivity index (χ3n) is 1.70. The van der Waals surface area contributed by atoms with Crippen molar-refractivity contribution in [1.82, 2.24) is 0 Å². The van der Waals surface area contributed by atoms with Gasteiger partial charge >= 0.3 is 1.43 Å². The summed E-state index contributed by atoms with van der Waals surface area (Å²) in [7, 11) is 0. The Labute approximate surface area is 93.6 Å². The molecule has 0 fully saturated rings. The van der Waals surface area contributed by atoms with Crippen molar-refractivity contribution >= 4 is 0 Å². The summed E-state index contributed by atoms with van der Waals surface area (Å²) in [6, 6.07) is 0. The fraction of sp³-hybridized carbons (Fsp3) is 0.714. The average molecular weight is 199 g/mol. The lowest BCUT2D eigenvalue weighted by Crippen LogP contribution is -1.70. The van der Waals surface area contributed by atoms with Gasteiger partial charge in [0.25, 0.3) is 0 Å². The van der Waals surface area contributed by atoms with Crippen molar-refractivity contribution in [2.45, 2.75) is 65.7 Å². The van der Waals surface area contributed by atoms with Crippen molar-refractivity contribution in [3.63, 3.8) is 0 Å². The molecule has 0 aliphatic rings. The van der Waals surface area contributed by atoms with Gasteiger partial charge in [-0.15, -0.1) is 19.7 Å². The normalized spacial score (nSPS) is 7.64. The summed E-state index contributed by atoms with van der Waals surface area (Å²) in [4.78, 5) is 0. The van der Waals surface area contributed by atoms with Gasteiger partial charge in [0.05, 0.1) is 0 Å². The minimum absolute atomic E-state index is 0. The van der Waals surface area contributed by atoms with E-state index in [1.165, 1.54) is 38.5 Å². The zero-order valence-electron chi connectivity index (χ0n) is 11.6. The Hall–Kier alpha value is -0.520. The van der Waals surface area contributed by atoms with Crippen molar-refractivity contribution < 1.29 is 1.43 Å². The van der Waals surface area contributed by atoms with Crippen LogP contribution in [0.3, 0.4) is 0 Å². The minimum atomic E-state index is 0. The Bertz CT molecular complexity index is 75.4. The molecule has 0 nitrogen and oxygen atoms in total. The van der Waals surface area contributed by atoms with Crippen molar-refractivity contribution in [3.05, 3.63) is 25.8 Å². The van der Waals surface area contributed by atoms with Crippen LogP contribution < -0.4 is 0 Å². The molecular weight excluding hydrogens is 168 g/mol. The van der Waals surface area contributed by atoms with E-state index in [-0.39, 0.29) is 1.43 Å². The molecule has 0 aliphatic carbocycles. The van der Waals surface area contributed by atoms with Gasteiger partial charge in [-0.1, -0.05) is 65.4 Å². The molecule has 0 heteroatoms. The Morgan fingerprint density at radius 1 is 0.857 bits per heavy atom. The zero-order valence-corrected chi connectivity index (χ0v) is 10.6. The highest BCUT2D eigenvalue weighted by atomic mass is 13.9. The van der Waals surface area contributed by atoms with Crippen molar-refractivity contribution in [1.29, 1.82) is 0 Å². The second-order valence-electron chi connectivity index (χ2n) is 3.14. The van der Waals surface area contributed by atoms with E-state index >= 15 is 0 Å². The van der Waals surface area contributed by atoms with E-state index in [1.54, 1.807) is 0 Å². The lowest BCUT2D eigenvalue weighted by molar-refractivity contribution is 0.656. The van der Waals surface area contributed by atoms with Crippen LogP contribution in [0.15, 0.2) is 25.8 Å². The number of hydrogen-bond donors (Lipinski definition) is 0. The second-order valence-corrected chi connectivity index (χ2v) is 3.14. The molecule has 0 aromatic heterocycles. The van der Waals surface area contributed by atoms with Crippen LogP contribution in [0.25, 0.3) is 0 Å². The van der Waals surface area contributed by atoms with Gasteiger partial charge < -0.3 is 0 Å². The molecule has 0 aromatic carbocycles. The molecule has 0 amide bonds. The van der Waals surface area contributed by atoms with Gasteiger partial charge in [0.2, 0.25) is 0 Å². The van der Waals surface area contributed by atoms with E-state index in [9.17, 15) is 0 Å². The third kappa shape index (κ3) is 42.0. The van der Waals surface area contributed by atoms with E-state index in [4.69, 9.17) is 0 Å². The molecule has 14 heavy (non-hydrogen) atoms. The predicted octanol–water partition coefficient (Wildman–Crippen LogP) is 5.86. The fourth-order valence-corrected chi connectivity index (χ4v) is 0.881. The van der Waals surface area contributed by atoms with Crippen LogP contribution in [0.4, 0.5) is 0 Å². The van der Waals surface area contributed by atoms with E-state index in [1.807, 2.05) is 6.08 Å². The van der Waals surface area contributed by atoms with E-state index < -0.39 is 0 Å². The zero-order chi connectivity index (χ0) is 11.7.